The third-order valence-corrected chi connectivity index (χ3v) is 6.04. The van der Waals surface area contributed by atoms with Crippen LogP contribution in [0.2, 0.25) is 0 Å². The van der Waals surface area contributed by atoms with E-state index in [4.69, 9.17) is 11.5 Å². The van der Waals surface area contributed by atoms with E-state index in [1.165, 1.54) is 6.42 Å². The van der Waals surface area contributed by atoms with E-state index in [0.29, 0.717) is 23.2 Å². The quantitative estimate of drug-likeness (QED) is 0.478. The average molecular weight is 422 g/mol. The Morgan fingerprint density at radius 3 is 2.77 bits per heavy atom. The summed E-state index contributed by atoms with van der Waals surface area (Å²) < 4.78 is 16.4. The number of halogens is 1. The maximum Gasteiger partial charge on any atom is 0.252 e. The summed E-state index contributed by atoms with van der Waals surface area (Å²) >= 11 is 0. The van der Waals surface area contributed by atoms with Gasteiger partial charge in [0.05, 0.1) is 29.3 Å². The van der Waals surface area contributed by atoms with Gasteiger partial charge in [0.15, 0.2) is 11.6 Å². The van der Waals surface area contributed by atoms with E-state index >= 15 is 0 Å². The van der Waals surface area contributed by atoms with E-state index in [1.807, 2.05) is 0 Å². The van der Waals surface area contributed by atoms with Gasteiger partial charge in [-0.1, -0.05) is 0 Å². The van der Waals surface area contributed by atoms with Gasteiger partial charge in [-0.3, -0.25) is 9.78 Å². The van der Waals surface area contributed by atoms with Gasteiger partial charge in [0.25, 0.3) is 5.91 Å². The van der Waals surface area contributed by atoms with Crippen LogP contribution in [0.15, 0.2) is 43.0 Å². The SMILES string of the molecule is NC(=O)c1cc(F)c(N[C@@H]2CC3CC3C[C@@H]2N)nc1Nc1cncc(-n2cccn2)c1. The van der Waals surface area contributed by atoms with Crippen molar-refractivity contribution in [3.8, 4) is 5.69 Å². The van der Waals surface area contributed by atoms with Crippen molar-refractivity contribution in [1.82, 2.24) is 19.7 Å². The number of rotatable bonds is 6. The zero-order valence-electron chi connectivity index (χ0n) is 16.7. The van der Waals surface area contributed by atoms with Crippen molar-refractivity contribution in [3.05, 3.63) is 54.4 Å². The highest BCUT2D eigenvalue weighted by molar-refractivity contribution is 5.98. The minimum atomic E-state index is -0.785. The van der Waals surface area contributed by atoms with Crippen LogP contribution in [0.4, 0.5) is 21.7 Å². The zero-order valence-corrected chi connectivity index (χ0v) is 16.7. The van der Waals surface area contributed by atoms with Crippen molar-refractivity contribution in [2.45, 2.75) is 31.3 Å². The number of anilines is 3. The molecule has 2 aliphatic rings. The fraction of sp³-hybridized carbons (Fsp3) is 0.333. The number of carbonyl (C=O) groups is 1. The van der Waals surface area contributed by atoms with Crippen LogP contribution in [0.3, 0.4) is 0 Å². The van der Waals surface area contributed by atoms with Crippen molar-refractivity contribution in [2.24, 2.45) is 23.3 Å². The van der Waals surface area contributed by atoms with Crippen LogP contribution in [-0.2, 0) is 0 Å². The highest BCUT2D eigenvalue weighted by Gasteiger charge is 2.45. The molecule has 3 aromatic heterocycles. The number of fused-ring (bicyclic) bond motifs is 1. The molecule has 0 spiro atoms. The standard InChI is InChI=1S/C21H23FN8O/c22-16-8-15(19(24)31)20(27-13-7-14(10-25-9-13)30-3-1-2-26-30)29-21(16)28-18-6-12-4-11(12)5-17(18)23/h1-3,7-12,17-18H,4-6,23H2,(H2,24,31)(H2,27,28,29)/t11?,12?,17-,18+/m0/s1. The molecule has 160 valence electrons. The number of primary amides is 1. The molecule has 1 amide bonds. The van der Waals surface area contributed by atoms with E-state index < -0.39 is 11.7 Å². The number of hydrogen-bond donors (Lipinski definition) is 4. The van der Waals surface area contributed by atoms with Gasteiger partial charge in [-0.05, 0) is 49.3 Å². The first-order valence-corrected chi connectivity index (χ1v) is 10.2. The summed E-state index contributed by atoms with van der Waals surface area (Å²) in [5, 5.41) is 10.4. The van der Waals surface area contributed by atoms with Crippen LogP contribution in [0, 0.1) is 17.7 Å². The number of aromatic nitrogens is 4. The Balaban J connectivity index is 1.44. The fourth-order valence-electron chi connectivity index (χ4n) is 4.30. The molecular formula is C21H23FN8O. The summed E-state index contributed by atoms with van der Waals surface area (Å²) in [4.78, 5) is 20.5. The largest absolute Gasteiger partial charge is 0.365 e. The van der Waals surface area contributed by atoms with Gasteiger partial charge in [0, 0.05) is 24.5 Å². The normalized spacial score (nSPS) is 24.3. The van der Waals surface area contributed by atoms with Gasteiger partial charge >= 0.3 is 0 Å². The first-order valence-electron chi connectivity index (χ1n) is 10.2. The van der Waals surface area contributed by atoms with Gasteiger partial charge in [-0.25, -0.2) is 14.1 Å². The lowest BCUT2D eigenvalue weighted by Gasteiger charge is -2.29. The van der Waals surface area contributed by atoms with E-state index in [1.54, 1.807) is 41.6 Å². The number of nitrogens with zero attached hydrogens (tertiary/aromatic N) is 4. The third kappa shape index (κ3) is 3.93. The van der Waals surface area contributed by atoms with E-state index in [0.717, 1.165) is 18.9 Å². The molecular weight excluding hydrogens is 399 g/mol. The highest BCUT2D eigenvalue weighted by atomic mass is 19.1. The highest BCUT2D eigenvalue weighted by Crippen LogP contribution is 2.49. The lowest BCUT2D eigenvalue weighted by molar-refractivity contribution is 0.100. The molecule has 3 aromatic rings. The number of pyridine rings is 2. The number of carbonyl (C=O) groups excluding carboxylic acids is 1. The van der Waals surface area contributed by atoms with Crippen molar-refractivity contribution < 1.29 is 9.18 Å². The molecule has 6 N–H and O–H groups in total. The molecule has 0 bridgehead atoms. The third-order valence-electron chi connectivity index (χ3n) is 6.04. The predicted molar refractivity (Wildman–Crippen MR) is 114 cm³/mol. The zero-order chi connectivity index (χ0) is 21.5. The Morgan fingerprint density at radius 1 is 1.16 bits per heavy atom. The molecule has 10 heteroatoms. The molecule has 2 saturated carbocycles. The van der Waals surface area contributed by atoms with Gasteiger partial charge in [0.2, 0.25) is 0 Å². The molecule has 2 aliphatic carbocycles. The van der Waals surface area contributed by atoms with Gasteiger partial charge in [-0.2, -0.15) is 5.10 Å². The summed E-state index contributed by atoms with van der Waals surface area (Å²) in [5.74, 6) is 0.112. The van der Waals surface area contributed by atoms with Crippen molar-refractivity contribution >= 4 is 23.2 Å². The van der Waals surface area contributed by atoms with Crippen molar-refractivity contribution in [2.75, 3.05) is 10.6 Å². The van der Waals surface area contributed by atoms with Gasteiger partial charge < -0.3 is 22.1 Å². The molecule has 2 fully saturated rings. The van der Waals surface area contributed by atoms with Crippen molar-refractivity contribution in [3.63, 3.8) is 0 Å². The first kappa shape index (κ1) is 19.4. The molecule has 4 atom stereocenters. The fourth-order valence-corrected chi connectivity index (χ4v) is 4.30. The second kappa shape index (κ2) is 7.62. The molecule has 0 saturated heterocycles. The van der Waals surface area contributed by atoms with Crippen LogP contribution >= 0.6 is 0 Å². The monoisotopic (exact) mass is 422 g/mol. The van der Waals surface area contributed by atoms with E-state index in [-0.39, 0.29) is 29.3 Å². The summed E-state index contributed by atoms with van der Waals surface area (Å²) in [5.41, 5.74) is 13.0. The molecule has 31 heavy (non-hydrogen) atoms. The van der Waals surface area contributed by atoms with Crippen LogP contribution in [0.1, 0.15) is 29.6 Å². The summed E-state index contributed by atoms with van der Waals surface area (Å²) in [7, 11) is 0. The molecule has 5 rings (SSSR count). The molecule has 9 nitrogen and oxygen atoms in total. The molecule has 0 aliphatic heterocycles. The Labute approximate surface area is 178 Å². The average Bonchev–Trinajstić information content (AvgIpc) is 3.26. The maximum absolute atomic E-state index is 14.7. The number of nitrogens with two attached hydrogens (primary N) is 2. The number of amides is 1. The molecule has 2 unspecified atom stereocenters. The molecule has 0 aromatic carbocycles. The predicted octanol–water partition coefficient (Wildman–Crippen LogP) is 2.18. The second-order valence-corrected chi connectivity index (χ2v) is 8.23. The van der Waals surface area contributed by atoms with Gasteiger partial charge in [-0.15, -0.1) is 0 Å². The van der Waals surface area contributed by atoms with Gasteiger partial charge in [0.1, 0.15) is 5.82 Å². The number of nitrogens with one attached hydrogen (secondary N) is 2. The van der Waals surface area contributed by atoms with Crippen LogP contribution in [0.5, 0.6) is 0 Å². The smallest absolute Gasteiger partial charge is 0.252 e. The number of hydrogen-bond acceptors (Lipinski definition) is 7. The Bertz CT molecular complexity index is 1120. The summed E-state index contributed by atoms with van der Waals surface area (Å²) in [6.07, 6.45) is 9.67. The summed E-state index contributed by atoms with van der Waals surface area (Å²) in [6.45, 7) is 0. The summed E-state index contributed by atoms with van der Waals surface area (Å²) in [6, 6.07) is 4.55. The Kier molecular flexibility index (Phi) is 4.78. The maximum atomic E-state index is 14.7. The van der Waals surface area contributed by atoms with E-state index in [2.05, 4.69) is 25.7 Å². The lowest BCUT2D eigenvalue weighted by Crippen LogP contribution is -2.43. The molecule has 3 heterocycles. The minimum Gasteiger partial charge on any atom is -0.365 e. The Morgan fingerprint density at radius 2 is 2.00 bits per heavy atom. The topological polar surface area (TPSA) is 137 Å². The van der Waals surface area contributed by atoms with Crippen LogP contribution < -0.4 is 22.1 Å². The second-order valence-electron chi connectivity index (χ2n) is 8.23. The first-order chi connectivity index (χ1) is 15.0. The molecule has 0 radical (unpaired) electrons. The lowest BCUT2D eigenvalue weighted by atomic mass is 9.91. The minimum absolute atomic E-state index is 0.0447. The van der Waals surface area contributed by atoms with Crippen molar-refractivity contribution in [1.29, 1.82) is 0 Å². The Hall–Kier alpha value is -3.53. The van der Waals surface area contributed by atoms with E-state index in [9.17, 15) is 9.18 Å². The van der Waals surface area contributed by atoms with Crippen LogP contribution in [-0.4, -0.2) is 37.7 Å². The van der Waals surface area contributed by atoms with Crippen LogP contribution in [0.25, 0.3) is 5.69 Å².